The van der Waals surface area contributed by atoms with Crippen molar-refractivity contribution in [3.05, 3.63) is 35.4 Å². The fourth-order valence-corrected chi connectivity index (χ4v) is 2.77. The normalized spacial score (nSPS) is 22.9. The minimum Gasteiger partial charge on any atom is -0.352 e. The Hall–Kier alpha value is -1.35. The standard InChI is InChI=1S/C18H28N2O/c1-13-9-10-19-11-15(13)12-20-17(21)14-5-7-16(8-6-14)18(2,3)4/h5-8,13,15,19H,9-12H2,1-4H3,(H,20,21). The minimum atomic E-state index is 0.0354. The number of hydrogen-bond donors (Lipinski definition) is 2. The lowest BCUT2D eigenvalue weighted by atomic mass is 9.86. The predicted molar refractivity (Wildman–Crippen MR) is 87.6 cm³/mol. The molecule has 116 valence electrons. The Kier molecular flexibility index (Phi) is 5.04. The second-order valence-corrected chi connectivity index (χ2v) is 7.27. The van der Waals surface area contributed by atoms with Gasteiger partial charge in [0.25, 0.3) is 5.91 Å². The van der Waals surface area contributed by atoms with Gasteiger partial charge in [-0.2, -0.15) is 0 Å². The highest BCUT2D eigenvalue weighted by atomic mass is 16.1. The van der Waals surface area contributed by atoms with Crippen LogP contribution >= 0.6 is 0 Å². The molecule has 0 aromatic heterocycles. The maximum Gasteiger partial charge on any atom is 0.251 e. The molecule has 0 spiro atoms. The Labute approximate surface area is 128 Å². The first-order valence-corrected chi connectivity index (χ1v) is 7.97. The third kappa shape index (κ3) is 4.31. The first kappa shape index (κ1) is 16.0. The van der Waals surface area contributed by atoms with Crippen LogP contribution in [0.4, 0.5) is 0 Å². The van der Waals surface area contributed by atoms with Gasteiger partial charge in [-0.15, -0.1) is 0 Å². The third-order valence-electron chi connectivity index (χ3n) is 4.53. The van der Waals surface area contributed by atoms with Crippen LogP contribution in [-0.2, 0) is 5.41 Å². The van der Waals surface area contributed by atoms with Crippen LogP contribution in [0.25, 0.3) is 0 Å². The molecule has 3 nitrogen and oxygen atoms in total. The van der Waals surface area contributed by atoms with Crippen molar-refractivity contribution in [2.75, 3.05) is 19.6 Å². The molecule has 1 saturated heterocycles. The Morgan fingerprint density at radius 3 is 2.52 bits per heavy atom. The molecule has 1 aliphatic rings. The zero-order chi connectivity index (χ0) is 15.5. The summed E-state index contributed by atoms with van der Waals surface area (Å²) in [4.78, 5) is 12.2. The highest BCUT2D eigenvalue weighted by Crippen LogP contribution is 2.22. The molecule has 0 radical (unpaired) electrons. The fourth-order valence-electron chi connectivity index (χ4n) is 2.77. The van der Waals surface area contributed by atoms with Crippen LogP contribution in [-0.4, -0.2) is 25.5 Å². The maximum atomic E-state index is 12.2. The van der Waals surface area contributed by atoms with Crippen molar-refractivity contribution in [3.63, 3.8) is 0 Å². The molecule has 0 bridgehead atoms. The van der Waals surface area contributed by atoms with E-state index in [-0.39, 0.29) is 11.3 Å². The van der Waals surface area contributed by atoms with Crippen LogP contribution in [0, 0.1) is 11.8 Å². The molecule has 0 aliphatic carbocycles. The number of nitrogens with one attached hydrogen (secondary N) is 2. The second-order valence-electron chi connectivity index (χ2n) is 7.27. The van der Waals surface area contributed by atoms with Gasteiger partial charge in [0.1, 0.15) is 0 Å². The van der Waals surface area contributed by atoms with E-state index >= 15 is 0 Å². The molecular formula is C18H28N2O. The number of hydrogen-bond acceptors (Lipinski definition) is 2. The molecule has 0 saturated carbocycles. The Morgan fingerprint density at radius 1 is 1.29 bits per heavy atom. The van der Waals surface area contributed by atoms with Gasteiger partial charge in [0, 0.05) is 12.1 Å². The average Bonchev–Trinajstić information content (AvgIpc) is 2.45. The smallest absolute Gasteiger partial charge is 0.251 e. The van der Waals surface area contributed by atoms with E-state index in [0.717, 1.165) is 25.2 Å². The van der Waals surface area contributed by atoms with Gasteiger partial charge in [0.2, 0.25) is 0 Å². The summed E-state index contributed by atoms with van der Waals surface area (Å²) < 4.78 is 0. The van der Waals surface area contributed by atoms with Crippen LogP contribution < -0.4 is 10.6 Å². The number of amides is 1. The summed E-state index contributed by atoms with van der Waals surface area (Å²) in [5, 5.41) is 6.48. The van der Waals surface area contributed by atoms with Crippen LogP contribution in [0.1, 0.15) is 50.0 Å². The topological polar surface area (TPSA) is 41.1 Å². The van der Waals surface area contributed by atoms with E-state index in [9.17, 15) is 4.79 Å². The molecule has 1 aromatic carbocycles. The maximum absolute atomic E-state index is 12.2. The summed E-state index contributed by atoms with van der Waals surface area (Å²) in [6.45, 7) is 11.7. The van der Waals surface area contributed by atoms with Gasteiger partial charge in [-0.3, -0.25) is 4.79 Å². The van der Waals surface area contributed by atoms with Crippen molar-refractivity contribution in [2.45, 2.75) is 39.5 Å². The fraction of sp³-hybridized carbons (Fsp3) is 0.611. The van der Waals surface area contributed by atoms with Crippen LogP contribution in [0.3, 0.4) is 0 Å². The largest absolute Gasteiger partial charge is 0.352 e. The Morgan fingerprint density at radius 2 is 1.95 bits per heavy atom. The molecule has 3 heteroatoms. The van der Waals surface area contributed by atoms with Crippen molar-refractivity contribution in [1.29, 1.82) is 0 Å². The molecule has 1 amide bonds. The number of piperidine rings is 1. The number of rotatable bonds is 3. The molecule has 21 heavy (non-hydrogen) atoms. The minimum absolute atomic E-state index is 0.0354. The first-order valence-electron chi connectivity index (χ1n) is 7.97. The summed E-state index contributed by atoms with van der Waals surface area (Å²) in [5.41, 5.74) is 2.13. The van der Waals surface area contributed by atoms with Gasteiger partial charge in [-0.05, 0) is 54.5 Å². The SMILES string of the molecule is CC1CCNCC1CNC(=O)c1ccc(C(C)(C)C)cc1. The molecule has 1 fully saturated rings. The number of benzene rings is 1. The van der Waals surface area contributed by atoms with E-state index in [2.05, 4.69) is 50.5 Å². The molecule has 2 unspecified atom stereocenters. The first-order chi connectivity index (χ1) is 9.88. The zero-order valence-electron chi connectivity index (χ0n) is 13.7. The van der Waals surface area contributed by atoms with Gasteiger partial charge in [-0.25, -0.2) is 0 Å². The van der Waals surface area contributed by atoms with E-state index in [1.807, 2.05) is 12.1 Å². The van der Waals surface area contributed by atoms with Crippen molar-refractivity contribution in [2.24, 2.45) is 11.8 Å². The summed E-state index contributed by atoms with van der Waals surface area (Å²) in [6.07, 6.45) is 1.20. The van der Waals surface area contributed by atoms with Crippen molar-refractivity contribution in [3.8, 4) is 0 Å². The lowest BCUT2D eigenvalue weighted by molar-refractivity contribution is 0.0939. The zero-order valence-corrected chi connectivity index (χ0v) is 13.7. The predicted octanol–water partition coefficient (Wildman–Crippen LogP) is 2.96. The lowest BCUT2D eigenvalue weighted by Crippen LogP contribution is -2.42. The van der Waals surface area contributed by atoms with E-state index in [1.54, 1.807) is 0 Å². The van der Waals surface area contributed by atoms with Crippen LogP contribution in [0.2, 0.25) is 0 Å². The van der Waals surface area contributed by atoms with E-state index in [0.29, 0.717) is 11.8 Å². The van der Waals surface area contributed by atoms with E-state index < -0.39 is 0 Å². The van der Waals surface area contributed by atoms with Gasteiger partial charge in [-0.1, -0.05) is 39.8 Å². The summed E-state index contributed by atoms with van der Waals surface area (Å²) in [5.74, 6) is 1.25. The van der Waals surface area contributed by atoms with E-state index in [4.69, 9.17) is 0 Å². The Bertz CT molecular complexity index is 473. The second kappa shape index (κ2) is 6.61. The van der Waals surface area contributed by atoms with Gasteiger partial charge >= 0.3 is 0 Å². The number of carbonyl (C=O) groups excluding carboxylic acids is 1. The summed E-state index contributed by atoms with van der Waals surface area (Å²) in [6, 6.07) is 7.97. The van der Waals surface area contributed by atoms with Gasteiger partial charge in [0.05, 0.1) is 0 Å². The quantitative estimate of drug-likeness (QED) is 0.898. The van der Waals surface area contributed by atoms with Crippen molar-refractivity contribution >= 4 is 5.91 Å². The van der Waals surface area contributed by atoms with Crippen molar-refractivity contribution in [1.82, 2.24) is 10.6 Å². The monoisotopic (exact) mass is 288 g/mol. The van der Waals surface area contributed by atoms with Gasteiger partial charge < -0.3 is 10.6 Å². The highest BCUT2D eigenvalue weighted by Gasteiger charge is 2.21. The molecule has 2 atom stereocenters. The molecule has 2 N–H and O–H groups in total. The van der Waals surface area contributed by atoms with Crippen molar-refractivity contribution < 1.29 is 4.79 Å². The van der Waals surface area contributed by atoms with Gasteiger partial charge in [0.15, 0.2) is 0 Å². The summed E-state index contributed by atoms with van der Waals surface area (Å²) >= 11 is 0. The molecule has 1 aliphatic heterocycles. The van der Waals surface area contributed by atoms with Crippen LogP contribution in [0.5, 0.6) is 0 Å². The molecule has 1 aromatic rings. The molecule has 1 heterocycles. The van der Waals surface area contributed by atoms with E-state index in [1.165, 1.54) is 12.0 Å². The molecule has 2 rings (SSSR count). The lowest BCUT2D eigenvalue weighted by Gasteiger charge is -2.29. The van der Waals surface area contributed by atoms with Crippen LogP contribution in [0.15, 0.2) is 24.3 Å². The third-order valence-corrected chi connectivity index (χ3v) is 4.53. The highest BCUT2D eigenvalue weighted by molar-refractivity contribution is 5.94. The number of carbonyl (C=O) groups is 1. The summed E-state index contributed by atoms with van der Waals surface area (Å²) in [7, 11) is 0. The Balaban J connectivity index is 1.91. The average molecular weight is 288 g/mol. The molecular weight excluding hydrogens is 260 g/mol.